The van der Waals surface area contributed by atoms with Gasteiger partial charge < -0.3 is 49.1 Å². The Bertz CT molecular complexity index is 1020. The molecule has 4 unspecified atom stereocenters. The van der Waals surface area contributed by atoms with Gasteiger partial charge in [0.2, 0.25) is 29.5 Å². The molecule has 1 aromatic carbocycles. The van der Waals surface area contributed by atoms with Gasteiger partial charge in [0.1, 0.15) is 23.9 Å². The maximum Gasteiger partial charge on any atom is 0.326 e. The third kappa shape index (κ3) is 12.7. The lowest BCUT2D eigenvalue weighted by Crippen LogP contribution is -2.57. The van der Waals surface area contributed by atoms with E-state index in [1.165, 1.54) is 24.3 Å². The number of rotatable bonds is 18. The van der Waals surface area contributed by atoms with Gasteiger partial charge in [-0.05, 0) is 49.9 Å². The normalized spacial score (nSPS) is 13.8. The minimum Gasteiger partial charge on any atom is -0.508 e. The second-order valence-electron chi connectivity index (χ2n) is 8.96. The van der Waals surface area contributed by atoms with Crippen molar-refractivity contribution in [3.05, 3.63) is 29.8 Å². The Morgan fingerprint density at radius 2 is 1.31 bits per heavy atom. The molecule has 0 heterocycles. The van der Waals surface area contributed by atoms with Gasteiger partial charge in [0, 0.05) is 12.8 Å². The third-order valence-corrected chi connectivity index (χ3v) is 5.64. The molecule has 39 heavy (non-hydrogen) atoms. The van der Waals surface area contributed by atoms with E-state index in [2.05, 4.69) is 16.0 Å². The highest BCUT2D eigenvalue weighted by atomic mass is 16.4. The summed E-state index contributed by atoms with van der Waals surface area (Å²) in [6, 6.07) is 0.502. The quantitative estimate of drug-likeness (QED) is 0.0837. The molecule has 216 valence electrons. The zero-order chi connectivity index (χ0) is 29.5. The molecule has 5 amide bonds. The molecular weight excluding hydrogens is 514 g/mol. The predicted octanol–water partition coefficient (Wildman–Crippen LogP) is -2.93. The molecule has 0 aromatic heterocycles. The van der Waals surface area contributed by atoms with Crippen molar-refractivity contribution in [2.24, 2.45) is 22.9 Å². The van der Waals surface area contributed by atoms with Gasteiger partial charge in [-0.25, -0.2) is 4.79 Å². The molecule has 0 spiro atoms. The first-order valence-electron chi connectivity index (χ1n) is 12.3. The number of nitrogens with two attached hydrogens (primary N) is 4. The van der Waals surface area contributed by atoms with Gasteiger partial charge in [-0.3, -0.25) is 24.0 Å². The number of unbranched alkanes of at least 4 members (excludes halogenated alkanes) is 1. The number of primary amides is 2. The lowest BCUT2D eigenvalue weighted by Gasteiger charge is -2.25. The van der Waals surface area contributed by atoms with E-state index in [4.69, 9.17) is 22.9 Å². The second kappa shape index (κ2) is 16.6. The first-order valence-corrected chi connectivity index (χ1v) is 12.3. The van der Waals surface area contributed by atoms with Crippen LogP contribution in [0.1, 0.15) is 44.1 Å². The number of aromatic hydroxyl groups is 1. The fourth-order valence-electron chi connectivity index (χ4n) is 3.52. The largest absolute Gasteiger partial charge is 0.508 e. The van der Waals surface area contributed by atoms with E-state index in [0.29, 0.717) is 24.9 Å². The van der Waals surface area contributed by atoms with Gasteiger partial charge in [0.25, 0.3) is 0 Å². The summed E-state index contributed by atoms with van der Waals surface area (Å²) in [4.78, 5) is 72.7. The van der Waals surface area contributed by atoms with Crippen LogP contribution in [0, 0.1) is 0 Å². The Balaban J connectivity index is 3.05. The van der Waals surface area contributed by atoms with Crippen molar-refractivity contribution in [1.82, 2.24) is 16.0 Å². The number of hydrogen-bond donors (Lipinski definition) is 9. The molecule has 0 aliphatic rings. The van der Waals surface area contributed by atoms with Crippen LogP contribution in [-0.4, -0.2) is 76.4 Å². The van der Waals surface area contributed by atoms with Crippen molar-refractivity contribution in [3.8, 4) is 5.75 Å². The molecule has 15 heteroatoms. The molecule has 0 saturated carbocycles. The van der Waals surface area contributed by atoms with E-state index in [9.17, 15) is 39.0 Å². The SMILES string of the molecule is NCCCCC(NC(=O)C(CCC(N)=O)NC(=O)C(N)CC(N)=O)C(=O)NC(Cc1ccc(O)cc1)C(=O)O. The van der Waals surface area contributed by atoms with Gasteiger partial charge >= 0.3 is 5.97 Å². The van der Waals surface area contributed by atoms with Crippen LogP contribution in [0.15, 0.2) is 24.3 Å². The van der Waals surface area contributed by atoms with E-state index in [1.807, 2.05) is 0 Å². The number of carboxylic acids is 1. The number of benzene rings is 1. The minimum absolute atomic E-state index is 0.00842. The van der Waals surface area contributed by atoms with Gasteiger partial charge in [-0.1, -0.05) is 12.1 Å². The topological polar surface area (TPSA) is 283 Å². The predicted molar refractivity (Wildman–Crippen MR) is 138 cm³/mol. The summed E-state index contributed by atoms with van der Waals surface area (Å²) in [5.74, 6) is -5.45. The van der Waals surface area contributed by atoms with Gasteiger partial charge in [-0.15, -0.1) is 0 Å². The number of phenolic OH excluding ortho intramolecular Hbond substituents is 1. The number of amides is 5. The summed E-state index contributed by atoms with van der Waals surface area (Å²) in [5.41, 5.74) is 21.9. The lowest BCUT2D eigenvalue weighted by molar-refractivity contribution is -0.142. The standard InChI is InChI=1S/C24H37N7O8/c25-10-2-1-3-16(22(36)31-18(24(38)39)11-13-4-6-14(32)7-5-13)30-23(37)17(8-9-19(27)33)29-21(35)15(26)12-20(28)34/h4-7,15-18,32H,1-3,8-12,25-26H2,(H2,27,33)(H2,28,34)(H,29,35)(H,30,37)(H,31,36)(H,38,39). The summed E-state index contributed by atoms with van der Waals surface area (Å²) in [7, 11) is 0. The van der Waals surface area contributed by atoms with Crippen molar-refractivity contribution >= 4 is 35.5 Å². The molecular formula is C24H37N7O8. The van der Waals surface area contributed by atoms with Crippen molar-refractivity contribution < 1.29 is 39.0 Å². The minimum atomic E-state index is -1.36. The van der Waals surface area contributed by atoms with Gasteiger partial charge in [0.05, 0.1) is 12.5 Å². The maximum atomic E-state index is 13.1. The maximum absolute atomic E-state index is 13.1. The average molecular weight is 552 g/mol. The summed E-state index contributed by atoms with van der Waals surface area (Å²) in [5, 5.41) is 26.3. The van der Waals surface area contributed by atoms with Crippen LogP contribution in [0.4, 0.5) is 0 Å². The molecule has 4 atom stereocenters. The van der Waals surface area contributed by atoms with Crippen LogP contribution in [0.2, 0.25) is 0 Å². The molecule has 1 rings (SSSR count). The molecule has 15 nitrogen and oxygen atoms in total. The lowest BCUT2D eigenvalue weighted by atomic mass is 10.0. The first-order chi connectivity index (χ1) is 18.3. The Morgan fingerprint density at radius 3 is 1.82 bits per heavy atom. The summed E-state index contributed by atoms with van der Waals surface area (Å²) >= 11 is 0. The molecule has 0 saturated heterocycles. The smallest absolute Gasteiger partial charge is 0.326 e. The molecule has 0 radical (unpaired) electrons. The number of nitrogens with one attached hydrogen (secondary N) is 3. The Morgan fingerprint density at radius 1 is 0.769 bits per heavy atom. The Hall–Kier alpha value is -4.24. The highest BCUT2D eigenvalue weighted by molar-refractivity contribution is 5.95. The summed E-state index contributed by atoms with van der Waals surface area (Å²) in [6.45, 7) is 0.315. The second-order valence-corrected chi connectivity index (χ2v) is 8.96. The molecule has 0 fully saturated rings. The van der Waals surface area contributed by atoms with E-state index in [-0.39, 0.29) is 31.4 Å². The highest BCUT2D eigenvalue weighted by Crippen LogP contribution is 2.12. The molecule has 13 N–H and O–H groups in total. The van der Waals surface area contributed by atoms with Gasteiger partial charge in [0.15, 0.2) is 0 Å². The van der Waals surface area contributed by atoms with E-state index in [1.54, 1.807) is 0 Å². The number of phenols is 1. The third-order valence-electron chi connectivity index (χ3n) is 5.64. The zero-order valence-electron chi connectivity index (χ0n) is 21.4. The van der Waals surface area contributed by atoms with Crippen molar-refractivity contribution in [2.45, 2.75) is 69.1 Å². The van der Waals surface area contributed by atoms with Gasteiger partial charge in [-0.2, -0.15) is 0 Å². The first kappa shape index (κ1) is 32.8. The fourth-order valence-corrected chi connectivity index (χ4v) is 3.52. The highest BCUT2D eigenvalue weighted by Gasteiger charge is 2.30. The molecule has 1 aromatic rings. The molecule has 0 aliphatic heterocycles. The van der Waals surface area contributed by atoms with E-state index in [0.717, 1.165) is 0 Å². The van der Waals surface area contributed by atoms with E-state index >= 15 is 0 Å². The average Bonchev–Trinajstić information content (AvgIpc) is 2.85. The fraction of sp³-hybridized carbons (Fsp3) is 0.500. The summed E-state index contributed by atoms with van der Waals surface area (Å²) in [6.07, 6.45) is -0.0889. The Labute approximate surface area is 225 Å². The molecule has 0 aliphatic carbocycles. The molecule has 0 bridgehead atoms. The van der Waals surface area contributed by atoms with Crippen LogP contribution >= 0.6 is 0 Å². The van der Waals surface area contributed by atoms with E-state index < -0.39 is 66.1 Å². The monoisotopic (exact) mass is 551 g/mol. The van der Waals surface area contributed by atoms with Crippen LogP contribution in [0.3, 0.4) is 0 Å². The number of aliphatic carboxylic acids is 1. The summed E-state index contributed by atoms with van der Waals surface area (Å²) < 4.78 is 0. The Kier molecular flexibility index (Phi) is 13.9. The number of carbonyl (C=O) groups is 6. The number of carboxylic acid groups (broad SMARTS) is 1. The number of hydrogen-bond acceptors (Lipinski definition) is 9. The zero-order valence-corrected chi connectivity index (χ0v) is 21.4. The van der Waals surface area contributed by atoms with Crippen LogP contribution in [-0.2, 0) is 35.2 Å². The van der Waals surface area contributed by atoms with Crippen LogP contribution in [0.5, 0.6) is 5.75 Å². The van der Waals surface area contributed by atoms with Crippen LogP contribution < -0.4 is 38.9 Å². The van der Waals surface area contributed by atoms with Crippen molar-refractivity contribution in [3.63, 3.8) is 0 Å². The van der Waals surface area contributed by atoms with Crippen LogP contribution in [0.25, 0.3) is 0 Å². The number of carbonyl (C=O) groups excluding carboxylic acids is 5. The van der Waals surface area contributed by atoms with Crippen molar-refractivity contribution in [1.29, 1.82) is 0 Å². The van der Waals surface area contributed by atoms with Crippen molar-refractivity contribution in [2.75, 3.05) is 6.54 Å².